The van der Waals surface area contributed by atoms with Crippen LogP contribution in [0.25, 0.3) is 16.0 Å². The van der Waals surface area contributed by atoms with Gasteiger partial charge in [0.2, 0.25) is 0 Å². The van der Waals surface area contributed by atoms with Crippen LogP contribution in [0.15, 0.2) is 84.3 Å². The van der Waals surface area contributed by atoms with Gasteiger partial charge in [-0.3, -0.25) is 4.79 Å². The molecule has 2 aliphatic rings. The molecule has 0 saturated heterocycles. The molecule has 3 aromatic carbocycles. The third kappa shape index (κ3) is 4.10. The van der Waals surface area contributed by atoms with Crippen LogP contribution < -0.4 is 5.32 Å². The number of thiol groups is 1. The molecule has 1 amide bonds. The molecule has 0 aromatic heterocycles. The average molecular weight is 460 g/mol. The van der Waals surface area contributed by atoms with Gasteiger partial charge in [0.1, 0.15) is 12.4 Å². The Morgan fingerprint density at radius 2 is 1.70 bits per heavy atom. The number of rotatable bonds is 6. The second-order valence-electron chi connectivity index (χ2n) is 7.87. The quantitative estimate of drug-likeness (QED) is 0.351. The second kappa shape index (κ2) is 9.08. The molecule has 3 aromatic rings. The van der Waals surface area contributed by atoms with Gasteiger partial charge in [-0.2, -0.15) is 10.9 Å². The Balaban J connectivity index is 1.23. The van der Waals surface area contributed by atoms with Crippen LogP contribution in [0.5, 0.6) is 0 Å². The first kappa shape index (κ1) is 21.2. The van der Waals surface area contributed by atoms with Gasteiger partial charge >= 0.3 is 6.09 Å². The van der Waals surface area contributed by atoms with Crippen molar-refractivity contribution in [2.24, 2.45) is 0 Å². The third-order valence-electron chi connectivity index (χ3n) is 5.98. The van der Waals surface area contributed by atoms with E-state index < -0.39 is 22.8 Å². The number of halogens is 1. The fraction of sp³-hybridized carbons (Fsp3) is 0.111. The maximum absolute atomic E-state index is 13.5. The minimum Gasteiger partial charge on any atom is -0.449 e. The van der Waals surface area contributed by atoms with Crippen LogP contribution >= 0.6 is 10.9 Å². The number of alkyl carbamates (subject to hydrolysis) is 1. The highest BCUT2D eigenvalue weighted by molar-refractivity contribution is 8.27. The van der Waals surface area contributed by atoms with Crippen molar-refractivity contribution in [2.75, 3.05) is 12.5 Å². The number of carbonyl (C=O) groups excluding carboxylic acids is 2. The Bertz CT molecular complexity index is 1250. The molecule has 0 bridgehead atoms. The SMILES string of the molecule is O=Cc1cc(F)ccc1C1=CC=C[SH]1CNC(=O)OCC1c2ccccc2-c2ccccc21. The first-order valence-electron chi connectivity index (χ1n) is 10.6. The fourth-order valence-electron chi connectivity index (χ4n) is 4.46. The summed E-state index contributed by atoms with van der Waals surface area (Å²) < 4.78 is 19.1. The van der Waals surface area contributed by atoms with Crippen molar-refractivity contribution in [3.8, 4) is 11.1 Å². The summed E-state index contributed by atoms with van der Waals surface area (Å²) in [5, 5.41) is 4.86. The zero-order valence-electron chi connectivity index (χ0n) is 17.7. The van der Waals surface area contributed by atoms with Gasteiger partial charge in [-0.1, -0.05) is 60.7 Å². The number of ether oxygens (including phenoxy) is 1. The van der Waals surface area contributed by atoms with Gasteiger partial charge in [-0.15, -0.1) is 0 Å². The lowest BCUT2D eigenvalue weighted by Crippen LogP contribution is -2.26. The Morgan fingerprint density at radius 1 is 1.00 bits per heavy atom. The van der Waals surface area contributed by atoms with E-state index in [1.54, 1.807) is 6.07 Å². The molecule has 33 heavy (non-hydrogen) atoms. The molecule has 1 N–H and O–H groups in total. The number of aldehydes is 1. The molecule has 1 heterocycles. The lowest BCUT2D eigenvalue weighted by Gasteiger charge is -2.20. The molecule has 0 fully saturated rings. The van der Waals surface area contributed by atoms with E-state index in [9.17, 15) is 14.0 Å². The second-order valence-corrected chi connectivity index (χ2v) is 9.91. The van der Waals surface area contributed by atoms with Gasteiger partial charge in [-0.25, -0.2) is 9.18 Å². The van der Waals surface area contributed by atoms with Crippen molar-refractivity contribution in [1.29, 1.82) is 0 Å². The van der Waals surface area contributed by atoms with Crippen molar-refractivity contribution in [1.82, 2.24) is 5.32 Å². The monoisotopic (exact) mass is 459 g/mol. The van der Waals surface area contributed by atoms with E-state index >= 15 is 0 Å². The first-order valence-corrected chi connectivity index (χ1v) is 12.2. The van der Waals surface area contributed by atoms with Crippen LogP contribution in [-0.2, 0) is 4.74 Å². The van der Waals surface area contributed by atoms with Crippen LogP contribution in [0, 0.1) is 5.82 Å². The number of nitrogens with one attached hydrogen (secondary N) is 1. The van der Waals surface area contributed by atoms with Crippen molar-refractivity contribution < 1.29 is 18.7 Å². The standard InChI is InChI=1S/C27H22FNO3S/c28-19-11-12-20(18(14-19)15-30)26-10-5-13-33(26)17-29-27(31)32-16-25-23-8-3-1-6-21(23)22-7-2-4-9-24(22)25/h1-15,25,33H,16-17H2,(H,29,31). The third-order valence-corrected chi connectivity index (χ3v) is 8.02. The van der Waals surface area contributed by atoms with Crippen molar-refractivity contribution in [3.05, 3.63) is 112 Å². The Morgan fingerprint density at radius 3 is 2.39 bits per heavy atom. The molecular formula is C27H22FNO3S. The number of hydrogen-bond acceptors (Lipinski definition) is 3. The number of hydrogen-bond donors (Lipinski definition) is 2. The summed E-state index contributed by atoms with van der Waals surface area (Å²) in [6.07, 6.45) is 3.99. The molecule has 5 rings (SSSR count). The lowest BCUT2D eigenvalue weighted by atomic mass is 9.98. The highest BCUT2D eigenvalue weighted by Gasteiger charge is 2.29. The topological polar surface area (TPSA) is 55.4 Å². The fourth-order valence-corrected chi connectivity index (χ4v) is 6.28. The zero-order valence-corrected chi connectivity index (χ0v) is 18.6. The van der Waals surface area contributed by atoms with Crippen molar-refractivity contribution in [2.45, 2.75) is 5.92 Å². The molecule has 0 spiro atoms. The van der Waals surface area contributed by atoms with E-state index in [2.05, 4.69) is 29.6 Å². The van der Waals surface area contributed by atoms with E-state index in [1.807, 2.05) is 41.8 Å². The smallest absolute Gasteiger partial charge is 0.407 e. The molecule has 4 nitrogen and oxygen atoms in total. The molecule has 1 unspecified atom stereocenters. The van der Waals surface area contributed by atoms with E-state index in [1.165, 1.54) is 23.3 Å². The summed E-state index contributed by atoms with van der Waals surface area (Å²) in [7, 11) is -0.867. The largest absolute Gasteiger partial charge is 0.449 e. The maximum atomic E-state index is 13.5. The van der Waals surface area contributed by atoms with Crippen LogP contribution in [-0.4, -0.2) is 24.9 Å². The molecule has 0 saturated carbocycles. The summed E-state index contributed by atoms with van der Waals surface area (Å²) in [4.78, 5) is 24.8. The number of allylic oxidation sites excluding steroid dienone is 2. The van der Waals surface area contributed by atoms with E-state index in [0.29, 0.717) is 23.3 Å². The molecule has 0 radical (unpaired) electrons. The first-order chi connectivity index (χ1) is 16.2. The summed E-state index contributed by atoms with van der Waals surface area (Å²) in [5.74, 6) is -0.0668. The molecular weight excluding hydrogens is 437 g/mol. The Hall–Kier alpha value is -3.64. The molecule has 6 heteroatoms. The summed E-state index contributed by atoms with van der Waals surface area (Å²) in [6, 6.07) is 20.6. The van der Waals surface area contributed by atoms with Gasteiger partial charge in [0.15, 0.2) is 6.29 Å². The number of carbonyl (C=O) groups is 2. The van der Waals surface area contributed by atoms with Crippen LogP contribution in [0.3, 0.4) is 0 Å². The predicted octanol–water partition coefficient (Wildman–Crippen LogP) is 6.00. The highest BCUT2D eigenvalue weighted by Crippen LogP contribution is 2.47. The van der Waals surface area contributed by atoms with Crippen LogP contribution in [0.1, 0.15) is 33.0 Å². The molecule has 1 aliphatic heterocycles. The zero-order chi connectivity index (χ0) is 22.8. The van der Waals surface area contributed by atoms with Crippen molar-refractivity contribution in [3.63, 3.8) is 0 Å². The van der Waals surface area contributed by atoms with Gasteiger partial charge in [-0.05, 0) is 51.4 Å². The minimum atomic E-state index is -0.867. The highest BCUT2D eigenvalue weighted by atomic mass is 32.2. The average Bonchev–Trinajstić information content (AvgIpc) is 3.44. The van der Waals surface area contributed by atoms with E-state index in [4.69, 9.17) is 4.74 Å². The Kier molecular flexibility index (Phi) is 5.84. The maximum Gasteiger partial charge on any atom is 0.407 e. The number of fused-ring (bicyclic) bond motifs is 3. The van der Waals surface area contributed by atoms with Crippen molar-refractivity contribution >= 4 is 28.2 Å². The summed E-state index contributed by atoms with van der Waals surface area (Å²) >= 11 is 0. The van der Waals surface area contributed by atoms with Gasteiger partial charge in [0.05, 0.1) is 5.88 Å². The predicted molar refractivity (Wildman–Crippen MR) is 131 cm³/mol. The van der Waals surface area contributed by atoms with Crippen LogP contribution in [0.4, 0.5) is 9.18 Å². The van der Waals surface area contributed by atoms with Gasteiger partial charge in [0, 0.05) is 16.4 Å². The summed E-state index contributed by atoms with van der Waals surface area (Å²) in [6.45, 7) is 0.254. The lowest BCUT2D eigenvalue weighted by molar-refractivity contribution is 0.112. The molecule has 166 valence electrons. The van der Waals surface area contributed by atoms with E-state index in [0.717, 1.165) is 16.0 Å². The normalized spacial score (nSPS) is 17.2. The van der Waals surface area contributed by atoms with Gasteiger partial charge in [0.25, 0.3) is 0 Å². The van der Waals surface area contributed by atoms with Gasteiger partial charge < -0.3 is 10.1 Å². The number of benzene rings is 3. The number of amides is 1. The van der Waals surface area contributed by atoms with Crippen LogP contribution in [0.2, 0.25) is 0 Å². The summed E-state index contributed by atoms with van der Waals surface area (Å²) in [5.41, 5.74) is 5.69. The molecule has 1 aliphatic carbocycles. The molecule has 1 atom stereocenters. The Labute approximate surface area is 194 Å². The van der Waals surface area contributed by atoms with E-state index in [-0.39, 0.29) is 12.5 Å². The minimum absolute atomic E-state index is 0.00469.